The van der Waals surface area contributed by atoms with Crippen molar-refractivity contribution in [2.75, 3.05) is 5.32 Å². The Balaban J connectivity index is 1.53. The molecule has 1 aliphatic heterocycles. The van der Waals surface area contributed by atoms with E-state index in [1.807, 2.05) is 17.6 Å². The highest BCUT2D eigenvalue weighted by Gasteiger charge is 2.23. The van der Waals surface area contributed by atoms with Gasteiger partial charge in [-0.2, -0.15) is 0 Å². The van der Waals surface area contributed by atoms with Gasteiger partial charge < -0.3 is 5.32 Å². The molecule has 2 aliphatic rings. The minimum atomic E-state index is 0.0206. The predicted octanol–water partition coefficient (Wildman–Crippen LogP) is 4.77. The van der Waals surface area contributed by atoms with Crippen LogP contribution in [0.5, 0.6) is 0 Å². The van der Waals surface area contributed by atoms with E-state index in [2.05, 4.69) is 47.9 Å². The Kier molecular flexibility index (Phi) is 4.19. The Morgan fingerprint density at radius 3 is 2.70 bits per heavy atom. The SMILES string of the molecule is Cc1c(-c2ccccc2)sc2c1C=NC(NC1CCCCC1)N2. The van der Waals surface area contributed by atoms with Crippen LogP contribution in [0, 0.1) is 6.92 Å². The van der Waals surface area contributed by atoms with Crippen LogP contribution in [-0.2, 0) is 0 Å². The zero-order valence-corrected chi connectivity index (χ0v) is 14.3. The van der Waals surface area contributed by atoms with Gasteiger partial charge in [0.2, 0.25) is 0 Å². The standard InChI is InChI=1S/C19H23N3S/c1-13-16-12-20-19(21-15-10-6-3-7-11-15)22-18(16)23-17(13)14-8-4-2-5-9-14/h2,4-5,8-9,12,15,19,21-22H,3,6-7,10-11H2,1H3. The van der Waals surface area contributed by atoms with Gasteiger partial charge in [0.1, 0.15) is 5.00 Å². The average Bonchev–Trinajstić information content (AvgIpc) is 2.93. The summed E-state index contributed by atoms with van der Waals surface area (Å²) in [5.41, 5.74) is 3.86. The largest absolute Gasteiger partial charge is 0.343 e. The normalized spacial score (nSPS) is 21.0. The van der Waals surface area contributed by atoms with E-state index in [1.54, 1.807) is 0 Å². The van der Waals surface area contributed by atoms with Crippen molar-refractivity contribution >= 4 is 22.6 Å². The monoisotopic (exact) mass is 325 g/mol. The van der Waals surface area contributed by atoms with E-state index < -0.39 is 0 Å². The average molecular weight is 325 g/mol. The molecular weight excluding hydrogens is 302 g/mol. The molecule has 1 unspecified atom stereocenters. The van der Waals surface area contributed by atoms with E-state index in [1.165, 1.54) is 58.7 Å². The van der Waals surface area contributed by atoms with Gasteiger partial charge in [-0.3, -0.25) is 10.3 Å². The fourth-order valence-corrected chi connectivity index (χ4v) is 4.75. The zero-order valence-electron chi connectivity index (χ0n) is 13.5. The van der Waals surface area contributed by atoms with Crippen molar-refractivity contribution in [3.05, 3.63) is 41.5 Å². The summed E-state index contributed by atoms with van der Waals surface area (Å²) in [6.07, 6.45) is 8.69. The van der Waals surface area contributed by atoms with Crippen LogP contribution in [0.2, 0.25) is 0 Å². The number of fused-ring (bicyclic) bond motifs is 1. The first-order valence-electron chi connectivity index (χ1n) is 8.56. The smallest absolute Gasteiger partial charge is 0.174 e. The Labute approximate surface area is 141 Å². The van der Waals surface area contributed by atoms with Gasteiger partial charge in [-0.15, -0.1) is 11.3 Å². The summed E-state index contributed by atoms with van der Waals surface area (Å²) in [6.45, 7) is 2.19. The molecule has 4 heteroatoms. The molecule has 0 bridgehead atoms. The summed E-state index contributed by atoms with van der Waals surface area (Å²) in [7, 11) is 0. The molecular formula is C19H23N3S. The van der Waals surface area contributed by atoms with Gasteiger partial charge in [0.05, 0.1) is 0 Å². The molecule has 2 N–H and O–H groups in total. The van der Waals surface area contributed by atoms with Crippen LogP contribution in [0.4, 0.5) is 5.00 Å². The van der Waals surface area contributed by atoms with Gasteiger partial charge in [0, 0.05) is 22.7 Å². The van der Waals surface area contributed by atoms with Crippen LogP contribution in [0.15, 0.2) is 35.3 Å². The van der Waals surface area contributed by atoms with Gasteiger partial charge >= 0.3 is 0 Å². The Morgan fingerprint density at radius 2 is 1.91 bits per heavy atom. The summed E-state index contributed by atoms with van der Waals surface area (Å²) in [4.78, 5) is 6.03. The van der Waals surface area contributed by atoms with Crippen LogP contribution in [0.1, 0.15) is 43.2 Å². The summed E-state index contributed by atoms with van der Waals surface area (Å²) in [5.74, 6) is 0. The first kappa shape index (κ1) is 14.9. The minimum Gasteiger partial charge on any atom is -0.343 e. The van der Waals surface area contributed by atoms with E-state index in [9.17, 15) is 0 Å². The number of hydrogen-bond acceptors (Lipinski definition) is 4. The molecule has 3 nitrogen and oxygen atoms in total. The van der Waals surface area contributed by atoms with Gasteiger partial charge in [-0.05, 0) is 30.9 Å². The highest BCUT2D eigenvalue weighted by Crippen LogP contribution is 2.40. The van der Waals surface area contributed by atoms with Crippen LogP contribution in [-0.4, -0.2) is 18.5 Å². The van der Waals surface area contributed by atoms with E-state index in [4.69, 9.17) is 4.99 Å². The summed E-state index contributed by atoms with van der Waals surface area (Å²) in [5, 5.41) is 8.49. The van der Waals surface area contributed by atoms with E-state index in [0.29, 0.717) is 6.04 Å². The number of nitrogens with one attached hydrogen (secondary N) is 2. The van der Waals surface area contributed by atoms with Gasteiger partial charge in [0.15, 0.2) is 6.29 Å². The van der Waals surface area contributed by atoms with Crippen molar-refractivity contribution < 1.29 is 0 Å². The molecule has 0 amide bonds. The number of anilines is 1. The van der Waals surface area contributed by atoms with Crippen LogP contribution in [0.3, 0.4) is 0 Å². The molecule has 0 saturated heterocycles. The highest BCUT2D eigenvalue weighted by molar-refractivity contribution is 7.20. The Hall–Kier alpha value is -1.65. The first-order valence-corrected chi connectivity index (χ1v) is 9.37. The third kappa shape index (κ3) is 3.06. The molecule has 2 heterocycles. The molecule has 2 aromatic rings. The molecule has 1 saturated carbocycles. The first-order chi connectivity index (χ1) is 11.3. The lowest BCUT2D eigenvalue weighted by Gasteiger charge is -2.28. The van der Waals surface area contributed by atoms with Crippen molar-refractivity contribution in [2.24, 2.45) is 4.99 Å². The lowest BCUT2D eigenvalue weighted by molar-refractivity contribution is 0.351. The maximum Gasteiger partial charge on any atom is 0.174 e. The van der Waals surface area contributed by atoms with Crippen molar-refractivity contribution in [3.63, 3.8) is 0 Å². The third-order valence-corrected chi connectivity index (χ3v) is 6.14. The second kappa shape index (κ2) is 6.46. The second-order valence-corrected chi connectivity index (χ2v) is 7.51. The minimum absolute atomic E-state index is 0.0206. The van der Waals surface area contributed by atoms with E-state index >= 15 is 0 Å². The third-order valence-electron chi connectivity index (χ3n) is 4.85. The molecule has 0 radical (unpaired) electrons. The van der Waals surface area contributed by atoms with Crippen molar-refractivity contribution in [2.45, 2.75) is 51.4 Å². The van der Waals surface area contributed by atoms with E-state index in [-0.39, 0.29) is 6.29 Å². The molecule has 1 aromatic carbocycles. The highest BCUT2D eigenvalue weighted by atomic mass is 32.1. The second-order valence-electron chi connectivity index (χ2n) is 6.49. The summed E-state index contributed by atoms with van der Waals surface area (Å²) in [6, 6.07) is 11.2. The molecule has 1 atom stereocenters. The fourth-order valence-electron chi connectivity index (χ4n) is 3.54. The summed E-state index contributed by atoms with van der Waals surface area (Å²) >= 11 is 1.84. The lowest BCUT2D eigenvalue weighted by atomic mass is 9.95. The maximum absolute atomic E-state index is 4.69. The number of aliphatic imine (C=N–C) groups is 1. The van der Waals surface area contributed by atoms with E-state index in [0.717, 1.165) is 0 Å². The molecule has 1 aliphatic carbocycles. The van der Waals surface area contributed by atoms with Crippen LogP contribution in [0.25, 0.3) is 10.4 Å². The molecule has 1 aromatic heterocycles. The number of benzene rings is 1. The molecule has 0 spiro atoms. The number of hydrogen-bond donors (Lipinski definition) is 2. The van der Waals surface area contributed by atoms with Gasteiger partial charge in [0.25, 0.3) is 0 Å². The molecule has 1 fully saturated rings. The molecule has 120 valence electrons. The number of rotatable bonds is 3. The Bertz CT molecular complexity index is 699. The van der Waals surface area contributed by atoms with Crippen LogP contribution < -0.4 is 10.6 Å². The number of thiophene rings is 1. The Morgan fingerprint density at radius 1 is 1.13 bits per heavy atom. The topological polar surface area (TPSA) is 36.4 Å². The van der Waals surface area contributed by atoms with Gasteiger partial charge in [-0.25, -0.2) is 0 Å². The van der Waals surface area contributed by atoms with Crippen molar-refractivity contribution in [1.82, 2.24) is 5.32 Å². The zero-order chi connectivity index (χ0) is 15.6. The molecule has 4 rings (SSSR count). The quantitative estimate of drug-likeness (QED) is 0.852. The summed E-state index contributed by atoms with van der Waals surface area (Å²) < 4.78 is 0. The predicted molar refractivity (Wildman–Crippen MR) is 99.5 cm³/mol. The van der Waals surface area contributed by atoms with Crippen molar-refractivity contribution in [1.29, 1.82) is 0 Å². The molecule has 23 heavy (non-hydrogen) atoms. The maximum atomic E-state index is 4.69. The van der Waals surface area contributed by atoms with Crippen LogP contribution >= 0.6 is 11.3 Å². The number of nitrogens with zero attached hydrogens (tertiary/aromatic N) is 1. The lowest BCUT2D eigenvalue weighted by Crippen LogP contribution is -2.43. The van der Waals surface area contributed by atoms with Crippen molar-refractivity contribution in [3.8, 4) is 10.4 Å². The van der Waals surface area contributed by atoms with Gasteiger partial charge in [-0.1, -0.05) is 49.6 Å². The fraction of sp³-hybridized carbons (Fsp3) is 0.421.